The quantitative estimate of drug-likeness (QED) is 0.488. The van der Waals surface area contributed by atoms with Crippen LogP contribution in [0.4, 0.5) is 5.69 Å². The number of benzene rings is 1. The van der Waals surface area contributed by atoms with E-state index in [0.29, 0.717) is 17.0 Å². The van der Waals surface area contributed by atoms with Crippen LogP contribution in [0.25, 0.3) is 5.95 Å². The number of para-hydroxylation sites is 1. The maximum atomic E-state index is 12.7. The Labute approximate surface area is 168 Å². The molecule has 3 aromatic rings. The minimum Gasteiger partial charge on any atom is -0.334 e. The number of nitrogens with two attached hydrogens (primary N) is 1. The van der Waals surface area contributed by atoms with Gasteiger partial charge in [0, 0.05) is 11.4 Å². The third kappa shape index (κ3) is 4.04. The molecule has 148 valence electrons. The van der Waals surface area contributed by atoms with E-state index in [0.717, 1.165) is 22.6 Å². The Morgan fingerprint density at radius 3 is 2.54 bits per heavy atom. The van der Waals surface area contributed by atoms with Gasteiger partial charge in [-0.05, 0) is 44.4 Å². The predicted molar refractivity (Wildman–Crippen MR) is 111 cm³/mol. The maximum Gasteiger partial charge on any atom is 0.271 e. The fourth-order valence-corrected chi connectivity index (χ4v) is 3.65. The minimum atomic E-state index is -0.403. The maximum absolute atomic E-state index is 12.7. The van der Waals surface area contributed by atoms with Crippen LogP contribution in [-0.2, 0) is 4.79 Å². The average molecular weight is 400 g/mol. The van der Waals surface area contributed by atoms with E-state index in [9.17, 15) is 4.79 Å². The first-order valence-electron chi connectivity index (χ1n) is 9.08. The van der Waals surface area contributed by atoms with E-state index in [-0.39, 0.29) is 5.91 Å². The van der Waals surface area contributed by atoms with Crippen LogP contribution in [0.3, 0.4) is 0 Å². The van der Waals surface area contributed by atoms with Gasteiger partial charge in [0.2, 0.25) is 11.1 Å². The Kier molecular flexibility index (Phi) is 5.73. The van der Waals surface area contributed by atoms with E-state index < -0.39 is 5.25 Å². The highest BCUT2D eigenvalue weighted by Crippen LogP contribution is 2.26. The lowest BCUT2D eigenvalue weighted by Crippen LogP contribution is -2.24. The van der Waals surface area contributed by atoms with Gasteiger partial charge in [-0.2, -0.15) is 5.10 Å². The van der Waals surface area contributed by atoms with E-state index in [4.69, 9.17) is 5.84 Å². The Balaban J connectivity index is 1.74. The van der Waals surface area contributed by atoms with Crippen molar-refractivity contribution in [1.82, 2.24) is 24.7 Å². The third-order valence-electron chi connectivity index (χ3n) is 4.34. The summed E-state index contributed by atoms with van der Waals surface area (Å²) in [5.41, 5.74) is 3.70. The van der Waals surface area contributed by atoms with E-state index in [2.05, 4.69) is 34.5 Å². The summed E-state index contributed by atoms with van der Waals surface area (Å²) in [5, 5.41) is 15.7. The molecule has 2 heterocycles. The number of aryl methyl sites for hydroxylation is 2. The van der Waals surface area contributed by atoms with Gasteiger partial charge >= 0.3 is 0 Å². The lowest BCUT2D eigenvalue weighted by Gasteiger charge is -2.16. The molecule has 1 aromatic carbocycles. The number of thioether (sulfide) groups is 1. The van der Waals surface area contributed by atoms with Crippen LogP contribution in [-0.4, -0.2) is 35.8 Å². The highest BCUT2D eigenvalue weighted by atomic mass is 32.2. The number of aromatic nitrogens is 5. The van der Waals surface area contributed by atoms with Gasteiger partial charge < -0.3 is 11.2 Å². The highest BCUT2D eigenvalue weighted by Gasteiger charge is 2.22. The Morgan fingerprint density at radius 1 is 1.18 bits per heavy atom. The summed E-state index contributed by atoms with van der Waals surface area (Å²) in [6.07, 6.45) is 0. The van der Waals surface area contributed by atoms with Gasteiger partial charge in [-0.3, -0.25) is 4.79 Å². The molecule has 0 aliphatic rings. The van der Waals surface area contributed by atoms with Crippen LogP contribution in [0.1, 0.15) is 43.6 Å². The summed E-state index contributed by atoms with van der Waals surface area (Å²) in [7, 11) is 0. The normalized spacial score (nSPS) is 12.4. The van der Waals surface area contributed by atoms with E-state index in [1.54, 1.807) is 4.68 Å². The number of nitrogens with one attached hydrogen (secondary N) is 1. The molecule has 0 saturated heterocycles. The van der Waals surface area contributed by atoms with Crippen molar-refractivity contribution >= 4 is 23.4 Å². The number of anilines is 1. The van der Waals surface area contributed by atoms with E-state index in [1.165, 1.54) is 16.4 Å². The predicted octanol–water partition coefficient (Wildman–Crippen LogP) is 3.04. The number of hydrogen-bond acceptors (Lipinski definition) is 6. The minimum absolute atomic E-state index is 0.117. The fourth-order valence-electron chi connectivity index (χ4n) is 2.89. The number of carbonyl (C=O) groups is 1. The van der Waals surface area contributed by atoms with Gasteiger partial charge in [0.25, 0.3) is 5.95 Å². The molecule has 28 heavy (non-hydrogen) atoms. The Hall–Kier alpha value is -2.81. The molecule has 0 saturated carbocycles. The number of amides is 1. The van der Waals surface area contributed by atoms with Crippen LogP contribution in [0.5, 0.6) is 0 Å². The lowest BCUT2D eigenvalue weighted by atomic mass is 10.0. The topological polar surface area (TPSA) is 104 Å². The molecule has 0 aliphatic carbocycles. The number of nitrogen functional groups attached to an aromatic ring is 1. The van der Waals surface area contributed by atoms with Crippen molar-refractivity contribution in [1.29, 1.82) is 0 Å². The smallest absolute Gasteiger partial charge is 0.271 e. The van der Waals surface area contributed by atoms with Crippen LogP contribution >= 0.6 is 11.8 Å². The second-order valence-corrected chi connectivity index (χ2v) is 8.29. The van der Waals surface area contributed by atoms with Crippen molar-refractivity contribution in [2.45, 2.75) is 50.9 Å². The van der Waals surface area contributed by atoms with Crippen LogP contribution in [0.15, 0.2) is 35.5 Å². The third-order valence-corrected chi connectivity index (χ3v) is 5.39. The first-order chi connectivity index (χ1) is 13.3. The van der Waals surface area contributed by atoms with Crippen molar-refractivity contribution in [3.05, 3.63) is 47.3 Å². The zero-order valence-electron chi connectivity index (χ0n) is 16.7. The molecule has 1 atom stereocenters. The van der Waals surface area contributed by atoms with Crippen molar-refractivity contribution in [3.8, 4) is 5.95 Å². The summed E-state index contributed by atoms with van der Waals surface area (Å²) in [5.74, 6) is 6.76. The van der Waals surface area contributed by atoms with E-state index >= 15 is 0 Å². The van der Waals surface area contributed by atoms with Gasteiger partial charge in [-0.25, -0.2) is 9.36 Å². The van der Waals surface area contributed by atoms with Gasteiger partial charge in [-0.1, -0.05) is 43.8 Å². The molecule has 0 spiro atoms. The number of hydrogen-bond donors (Lipinski definition) is 2. The average Bonchev–Trinajstić information content (AvgIpc) is 3.16. The lowest BCUT2D eigenvalue weighted by molar-refractivity contribution is -0.115. The zero-order valence-corrected chi connectivity index (χ0v) is 17.5. The van der Waals surface area contributed by atoms with Crippen molar-refractivity contribution in [3.63, 3.8) is 0 Å². The second kappa shape index (κ2) is 8.05. The standard InChI is InChI=1S/C19H25N7OS/c1-11(2)15-8-6-7-9-16(15)21-17(27)14(5)28-19-23-22-18(25(19)20)26-13(4)10-12(3)24-26/h6-11,14H,20H2,1-5H3,(H,21,27). The summed E-state index contributed by atoms with van der Waals surface area (Å²) in [4.78, 5) is 12.7. The zero-order chi connectivity index (χ0) is 20.4. The molecule has 1 unspecified atom stereocenters. The van der Waals surface area contributed by atoms with Crippen molar-refractivity contribution < 1.29 is 4.79 Å². The molecule has 3 N–H and O–H groups in total. The summed E-state index contributed by atoms with van der Waals surface area (Å²) >= 11 is 1.25. The molecular weight excluding hydrogens is 374 g/mol. The van der Waals surface area contributed by atoms with Gasteiger partial charge in [0.15, 0.2) is 0 Å². The number of carbonyl (C=O) groups excluding carboxylic acids is 1. The molecule has 1 amide bonds. The first-order valence-corrected chi connectivity index (χ1v) is 9.96. The summed E-state index contributed by atoms with van der Waals surface area (Å²) in [6, 6.07) is 9.76. The van der Waals surface area contributed by atoms with Crippen LogP contribution in [0, 0.1) is 13.8 Å². The van der Waals surface area contributed by atoms with Gasteiger partial charge in [0.1, 0.15) is 0 Å². The Morgan fingerprint density at radius 2 is 1.89 bits per heavy atom. The molecule has 9 heteroatoms. The second-order valence-electron chi connectivity index (χ2n) is 6.98. The Bertz CT molecular complexity index is 992. The number of nitrogens with zero attached hydrogens (tertiary/aromatic N) is 5. The van der Waals surface area contributed by atoms with Crippen LogP contribution in [0.2, 0.25) is 0 Å². The molecule has 0 radical (unpaired) electrons. The molecule has 8 nitrogen and oxygen atoms in total. The van der Waals surface area contributed by atoms with Crippen molar-refractivity contribution in [2.75, 3.05) is 11.2 Å². The van der Waals surface area contributed by atoms with Gasteiger partial charge in [-0.15, -0.1) is 10.2 Å². The molecule has 2 aromatic heterocycles. The van der Waals surface area contributed by atoms with E-state index in [1.807, 2.05) is 51.1 Å². The molecule has 3 rings (SSSR count). The molecule has 0 fully saturated rings. The molecular formula is C19H25N7OS. The molecule has 0 aliphatic heterocycles. The highest BCUT2D eigenvalue weighted by molar-refractivity contribution is 8.00. The SMILES string of the molecule is Cc1cc(C)n(-c2nnc(SC(C)C(=O)Nc3ccccc3C(C)C)n2N)n1. The van der Waals surface area contributed by atoms with Crippen LogP contribution < -0.4 is 11.2 Å². The van der Waals surface area contributed by atoms with Gasteiger partial charge in [0.05, 0.1) is 10.9 Å². The fraction of sp³-hybridized carbons (Fsp3) is 0.368. The largest absolute Gasteiger partial charge is 0.334 e. The first kappa shape index (κ1) is 19.9. The number of rotatable bonds is 6. The monoisotopic (exact) mass is 399 g/mol. The summed E-state index contributed by atoms with van der Waals surface area (Å²) in [6.45, 7) is 9.83. The van der Waals surface area contributed by atoms with Crippen molar-refractivity contribution in [2.24, 2.45) is 0 Å². The summed E-state index contributed by atoms with van der Waals surface area (Å²) < 4.78 is 2.99. The molecule has 0 bridgehead atoms.